The van der Waals surface area contributed by atoms with Crippen LogP contribution in [0.5, 0.6) is 5.75 Å². The molecule has 1 amide bonds. The van der Waals surface area contributed by atoms with E-state index in [1.54, 1.807) is 36.4 Å². The van der Waals surface area contributed by atoms with Gasteiger partial charge in [-0.15, -0.1) is 0 Å². The molecule has 1 aliphatic heterocycles. The van der Waals surface area contributed by atoms with Crippen LogP contribution in [0.4, 0.5) is 5.69 Å². The fraction of sp³-hybridized carbons (Fsp3) is 0.0833. The zero-order valence-electron chi connectivity index (χ0n) is 16.6. The molecule has 2 N–H and O–H groups in total. The zero-order chi connectivity index (χ0) is 23.2. The third-order valence-corrected chi connectivity index (χ3v) is 6.89. The first-order valence-corrected chi connectivity index (χ1v) is 11.1. The number of carbonyl (C=O) groups excluding carboxylic acids is 2. The van der Waals surface area contributed by atoms with Crippen LogP contribution < -0.4 is 4.90 Å². The average Bonchev–Trinajstić information content (AvgIpc) is 3.03. The van der Waals surface area contributed by atoms with E-state index in [1.165, 1.54) is 29.2 Å². The van der Waals surface area contributed by atoms with Crippen LogP contribution >= 0.6 is 39.1 Å². The molecule has 1 saturated heterocycles. The van der Waals surface area contributed by atoms with Gasteiger partial charge in [0, 0.05) is 15.7 Å². The van der Waals surface area contributed by atoms with Crippen LogP contribution in [0.1, 0.15) is 22.7 Å². The van der Waals surface area contributed by atoms with Gasteiger partial charge in [-0.3, -0.25) is 14.5 Å². The van der Waals surface area contributed by atoms with Crippen molar-refractivity contribution in [1.82, 2.24) is 0 Å². The summed E-state index contributed by atoms with van der Waals surface area (Å²) in [6, 6.07) is 14.9. The van der Waals surface area contributed by atoms with Gasteiger partial charge in [-0.25, -0.2) is 0 Å². The van der Waals surface area contributed by atoms with Gasteiger partial charge in [0.2, 0.25) is 0 Å². The molecule has 0 aliphatic carbocycles. The van der Waals surface area contributed by atoms with Gasteiger partial charge in [0.05, 0.1) is 21.7 Å². The maximum absolute atomic E-state index is 13.1. The minimum atomic E-state index is -0.934. The van der Waals surface area contributed by atoms with Crippen molar-refractivity contribution in [3.63, 3.8) is 0 Å². The van der Waals surface area contributed by atoms with Crippen molar-refractivity contribution in [2.75, 3.05) is 4.90 Å². The molecule has 1 aliphatic rings. The number of ketones is 1. The van der Waals surface area contributed by atoms with Gasteiger partial charge in [-0.05, 0) is 60.5 Å². The summed E-state index contributed by atoms with van der Waals surface area (Å²) in [5.41, 5.74) is 2.08. The van der Waals surface area contributed by atoms with Crippen LogP contribution in [0, 0.1) is 6.92 Å². The number of rotatable bonds is 3. The number of hydrogen-bond acceptors (Lipinski definition) is 4. The van der Waals surface area contributed by atoms with E-state index >= 15 is 0 Å². The van der Waals surface area contributed by atoms with Crippen molar-refractivity contribution < 1.29 is 19.8 Å². The number of hydrogen-bond donors (Lipinski definition) is 2. The fourth-order valence-electron chi connectivity index (χ4n) is 3.65. The van der Waals surface area contributed by atoms with Gasteiger partial charge < -0.3 is 10.2 Å². The summed E-state index contributed by atoms with van der Waals surface area (Å²) in [5.74, 6) is -1.90. The summed E-state index contributed by atoms with van der Waals surface area (Å²) in [6.07, 6.45) is 0. The standard InChI is InChI=1S/C24H16BrCl2NO4/c1-12-10-14(4-8-17(12)25)22(30)20-21(13-2-6-16(29)7-3-13)28(24(32)23(20)31)15-5-9-18(26)19(27)11-15/h2-11,21,29-30H,1H3/b22-20+. The lowest BCUT2D eigenvalue weighted by atomic mass is 9.94. The van der Waals surface area contributed by atoms with Crippen LogP contribution in [0.3, 0.4) is 0 Å². The number of Topliss-reactive ketones (excluding diaryl/α,β-unsaturated/α-hetero) is 1. The van der Waals surface area contributed by atoms with E-state index < -0.39 is 17.7 Å². The topological polar surface area (TPSA) is 77.8 Å². The van der Waals surface area contributed by atoms with Crippen molar-refractivity contribution in [1.29, 1.82) is 0 Å². The molecule has 0 radical (unpaired) electrons. The second-order valence-electron chi connectivity index (χ2n) is 7.32. The van der Waals surface area contributed by atoms with E-state index in [2.05, 4.69) is 15.9 Å². The number of halogens is 3. The number of aliphatic hydroxyl groups excluding tert-OH is 1. The van der Waals surface area contributed by atoms with Gasteiger partial charge in [0.25, 0.3) is 11.7 Å². The molecule has 0 spiro atoms. The van der Waals surface area contributed by atoms with Crippen molar-refractivity contribution in [2.24, 2.45) is 0 Å². The number of aromatic hydroxyl groups is 1. The highest BCUT2D eigenvalue weighted by atomic mass is 79.9. The largest absolute Gasteiger partial charge is 0.508 e. The molecule has 1 atom stereocenters. The summed E-state index contributed by atoms with van der Waals surface area (Å²) in [6.45, 7) is 1.85. The third-order valence-electron chi connectivity index (χ3n) is 5.27. The van der Waals surface area contributed by atoms with Crippen LogP contribution in [0.25, 0.3) is 5.76 Å². The quantitative estimate of drug-likeness (QED) is 0.232. The predicted molar refractivity (Wildman–Crippen MR) is 128 cm³/mol. The van der Waals surface area contributed by atoms with Crippen molar-refractivity contribution in [3.05, 3.63) is 97.4 Å². The molecular weight excluding hydrogens is 517 g/mol. The minimum absolute atomic E-state index is 0.0313. The SMILES string of the molecule is Cc1cc(/C(O)=C2\C(=O)C(=O)N(c3ccc(Cl)c(Cl)c3)C2c2ccc(O)cc2)ccc1Br. The Kier molecular flexibility index (Phi) is 6.03. The molecule has 162 valence electrons. The van der Waals surface area contributed by atoms with Crippen molar-refractivity contribution in [3.8, 4) is 5.75 Å². The van der Waals surface area contributed by atoms with Gasteiger partial charge in [-0.2, -0.15) is 0 Å². The number of aliphatic hydroxyl groups is 1. The second kappa shape index (κ2) is 8.62. The Bertz CT molecular complexity index is 1290. The summed E-state index contributed by atoms with van der Waals surface area (Å²) >= 11 is 15.6. The van der Waals surface area contributed by atoms with Gasteiger partial charge >= 0.3 is 0 Å². The number of nitrogens with zero attached hydrogens (tertiary/aromatic N) is 1. The maximum atomic E-state index is 13.1. The lowest BCUT2D eigenvalue weighted by Gasteiger charge is -2.25. The molecule has 32 heavy (non-hydrogen) atoms. The average molecular weight is 533 g/mol. The fourth-order valence-corrected chi connectivity index (χ4v) is 4.19. The molecule has 3 aromatic rings. The van der Waals surface area contributed by atoms with E-state index in [1.807, 2.05) is 6.92 Å². The Morgan fingerprint density at radius 1 is 0.969 bits per heavy atom. The Balaban J connectivity index is 1.96. The predicted octanol–water partition coefficient (Wildman–Crippen LogP) is 6.40. The number of phenols is 1. The minimum Gasteiger partial charge on any atom is -0.508 e. The zero-order valence-corrected chi connectivity index (χ0v) is 19.7. The molecule has 1 unspecified atom stereocenters. The maximum Gasteiger partial charge on any atom is 0.300 e. The van der Waals surface area contributed by atoms with E-state index in [0.29, 0.717) is 21.8 Å². The molecule has 4 rings (SSSR count). The lowest BCUT2D eigenvalue weighted by Crippen LogP contribution is -2.29. The smallest absolute Gasteiger partial charge is 0.300 e. The molecule has 3 aromatic carbocycles. The lowest BCUT2D eigenvalue weighted by molar-refractivity contribution is -0.132. The van der Waals surface area contributed by atoms with Gasteiger partial charge in [-0.1, -0.05) is 57.3 Å². The van der Waals surface area contributed by atoms with E-state index in [4.69, 9.17) is 23.2 Å². The second-order valence-corrected chi connectivity index (χ2v) is 8.99. The van der Waals surface area contributed by atoms with Crippen LogP contribution in [0.2, 0.25) is 10.0 Å². The first-order valence-electron chi connectivity index (χ1n) is 9.50. The number of benzene rings is 3. The number of phenolic OH excluding ortho intramolecular Hbond substituents is 1. The molecular formula is C24H16BrCl2NO4. The molecule has 0 saturated carbocycles. The van der Waals surface area contributed by atoms with E-state index in [-0.39, 0.29) is 22.1 Å². The first kappa shape index (κ1) is 22.4. The summed E-state index contributed by atoms with van der Waals surface area (Å²) in [5, 5.41) is 21.4. The highest BCUT2D eigenvalue weighted by Gasteiger charge is 2.47. The normalized spacial score (nSPS) is 17.8. The van der Waals surface area contributed by atoms with Gasteiger partial charge in [0.1, 0.15) is 11.5 Å². The van der Waals surface area contributed by atoms with Gasteiger partial charge in [0.15, 0.2) is 0 Å². The molecule has 0 bridgehead atoms. The van der Waals surface area contributed by atoms with Crippen LogP contribution in [-0.2, 0) is 9.59 Å². The molecule has 8 heteroatoms. The Morgan fingerprint density at radius 3 is 2.28 bits per heavy atom. The molecule has 1 fully saturated rings. The number of aryl methyl sites for hydroxylation is 1. The van der Waals surface area contributed by atoms with Crippen molar-refractivity contribution in [2.45, 2.75) is 13.0 Å². The van der Waals surface area contributed by atoms with Crippen LogP contribution in [-0.4, -0.2) is 21.9 Å². The first-order chi connectivity index (χ1) is 15.2. The number of anilines is 1. The summed E-state index contributed by atoms with van der Waals surface area (Å²) in [7, 11) is 0. The summed E-state index contributed by atoms with van der Waals surface area (Å²) < 4.78 is 0.848. The molecule has 1 heterocycles. The van der Waals surface area contributed by atoms with Crippen molar-refractivity contribution >= 4 is 62.3 Å². The van der Waals surface area contributed by atoms with Crippen LogP contribution in [0.15, 0.2) is 70.7 Å². The third kappa shape index (κ3) is 3.90. The van der Waals surface area contributed by atoms with E-state index in [9.17, 15) is 19.8 Å². The van der Waals surface area contributed by atoms with E-state index in [0.717, 1.165) is 10.0 Å². The molecule has 0 aromatic heterocycles. The Morgan fingerprint density at radius 2 is 1.66 bits per heavy atom. The Hall–Kier alpha value is -2.80. The molecule has 5 nitrogen and oxygen atoms in total. The highest BCUT2D eigenvalue weighted by Crippen LogP contribution is 2.43. The monoisotopic (exact) mass is 531 g/mol. The Labute approximate surface area is 202 Å². The number of carbonyl (C=O) groups is 2. The number of amides is 1. The highest BCUT2D eigenvalue weighted by molar-refractivity contribution is 9.10. The summed E-state index contributed by atoms with van der Waals surface area (Å²) in [4.78, 5) is 27.5.